The van der Waals surface area contributed by atoms with Gasteiger partial charge < -0.3 is 39.0 Å². The number of thioether (sulfide) groups is 2. The van der Waals surface area contributed by atoms with Crippen molar-refractivity contribution < 1.29 is 37.6 Å². The molecule has 0 aromatic heterocycles. The first-order chi connectivity index (χ1) is 26.8. The lowest BCUT2D eigenvalue weighted by Crippen LogP contribution is -2.47. The van der Waals surface area contributed by atoms with Gasteiger partial charge in [0.1, 0.15) is 12.5 Å². The summed E-state index contributed by atoms with van der Waals surface area (Å²) < 4.78 is 46.0. The van der Waals surface area contributed by atoms with E-state index in [1.807, 2.05) is 6.92 Å². The maximum Gasteiger partial charge on any atom is 0.192 e. The topological polar surface area (TPSA) is 141 Å². The lowest BCUT2D eigenvalue weighted by Gasteiger charge is -2.46. The first-order valence-corrected chi connectivity index (χ1v) is 25.2. The number of hydrogen-bond acceptors (Lipinski definition) is 16. The number of nitrogens with one attached hydrogen (secondary N) is 1. The molecule has 3 unspecified atom stereocenters. The molecule has 0 saturated heterocycles. The number of nitrogens with zero attached hydrogens (tertiary/aromatic N) is 4. The summed E-state index contributed by atoms with van der Waals surface area (Å²) in [5.41, 5.74) is 5.44. The number of carbonyl (C=O) groups excluding carboxylic acids is 2. The van der Waals surface area contributed by atoms with Gasteiger partial charge in [-0.05, 0) is 111 Å². The zero-order valence-electron chi connectivity index (χ0n) is 38.5. The van der Waals surface area contributed by atoms with Crippen LogP contribution in [0.5, 0.6) is 0 Å². The van der Waals surface area contributed by atoms with Crippen molar-refractivity contribution in [1.82, 2.24) is 24.0 Å². The molecule has 0 spiro atoms. The van der Waals surface area contributed by atoms with Crippen LogP contribution in [0.2, 0.25) is 0 Å². The molecule has 14 nitrogen and oxygen atoms in total. The Hall–Kier alpha value is 0.420. The predicted molar refractivity (Wildman–Crippen MR) is 243 cm³/mol. The van der Waals surface area contributed by atoms with Crippen molar-refractivity contribution in [1.29, 1.82) is 0 Å². The van der Waals surface area contributed by atoms with Crippen molar-refractivity contribution in [3.63, 3.8) is 0 Å². The Morgan fingerprint density at radius 2 is 1.12 bits per heavy atom. The third-order valence-electron chi connectivity index (χ3n) is 8.29. The summed E-state index contributed by atoms with van der Waals surface area (Å²) in [7, 11) is -2.25. The molecule has 0 saturated carbocycles. The van der Waals surface area contributed by atoms with Gasteiger partial charge >= 0.3 is 0 Å². The van der Waals surface area contributed by atoms with Crippen LogP contribution in [0.25, 0.3) is 0 Å². The highest BCUT2D eigenvalue weighted by Crippen LogP contribution is 2.52. The van der Waals surface area contributed by atoms with Gasteiger partial charge in [0.05, 0.1) is 6.61 Å². The van der Waals surface area contributed by atoms with E-state index in [9.17, 15) is 9.59 Å². The van der Waals surface area contributed by atoms with Gasteiger partial charge in [0.15, 0.2) is 47.0 Å². The van der Waals surface area contributed by atoms with Crippen LogP contribution in [0.1, 0.15) is 124 Å². The highest BCUT2D eigenvalue weighted by atomic mass is 32.2. The van der Waals surface area contributed by atoms with Crippen LogP contribution in [0.4, 0.5) is 0 Å². The van der Waals surface area contributed by atoms with Crippen LogP contribution >= 0.6 is 40.4 Å². The monoisotopic (exact) mass is 891 g/mol. The van der Waals surface area contributed by atoms with Gasteiger partial charge in [0.2, 0.25) is 0 Å². The normalized spacial score (nSPS) is 14.5. The van der Waals surface area contributed by atoms with Crippen molar-refractivity contribution in [2.45, 2.75) is 178 Å². The summed E-state index contributed by atoms with van der Waals surface area (Å²) >= 11 is 2.39. The first-order valence-electron chi connectivity index (χ1n) is 20.9. The Balaban J connectivity index is 5.14. The Kier molecular flexibility index (Phi) is 33.3. The van der Waals surface area contributed by atoms with E-state index < -0.39 is 23.2 Å². The number of nitrogens with two attached hydrogens (primary N) is 1. The van der Waals surface area contributed by atoms with Gasteiger partial charge in [0.25, 0.3) is 0 Å². The van der Waals surface area contributed by atoms with Crippen molar-refractivity contribution in [3.05, 3.63) is 0 Å². The van der Waals surface area contributed by atoms with E-state index in [4.69, 9.17) is 33.7 Å². The van der Waals surface area contributed by atoms with Crippen LogP contribution in [-0.2, 0) is 37.6 Å². The second kappa shape index (κ2) is 33.0. The molecule has 0 radical (unpaired) electrons. The molecule has 3 atom stereocenters. The molecule has 18 heteroatoms. The van der Waals surface area contributed by atoms with Crippen molar-refractivity contribution >= 4 is 50.7 Å². The second-order valence-electron chi connectivity index (χ2n) is 15.7. The van der Waals surface area contributed by atoms with E-state index in [1.54, 1.807) is 0 Å². The van der Waals surface area contributed by atoms with E-state index in [0.717, 1.165) is 11.8 Å². The van der Waals surface area contributed by atoms with Gasteiger partial charge in [-0.3, -0.25) is 9.59 Å². The van der Waals surface area contributed by atoms with Gasteiger partial charge in [-0.25, -0.2) is 18.7 Å². The maximum atomic E-state index is 12.9. The van der Waals surface area contributed by atoms with Crippen molar-refractivity contribution in [2.75, 3.05) is 64.7 Å². The molecule has 0 aliphatic carbocycles. The molecule has 0 amide bonds. The van der Waals surface area contributed by atoms with Crippen LogP contribution in [0.3, 0.4) is 0 Å². The summed E-state index contributed by atoms with van der Waals surface area (Å²) in [5, 5.41) is 3.64. The fourth-order valence-corrected chi connectivity index (χ4v) is 12.1. The number of rotatable bonds is 35. The van der Waals surface area contributed by atoms with E-state index >= 15 is 0 Å². The Morgan fingerprint density at radius 3 is 1.60 bits per heavy atom. The van der Waals surface area contributed by atoms with E-state index in [2.05, 4.69) is 128 Å². The highest BCUT2D eigenvalue weighted by molar-refractivity contribution is 8.13. The lowest BCUT2D eigenvalue weighted by molar-refractivity contribution is -0.152. The summed E-state index contributed by atoms with van der Waals surface area (Å²) in [4.78, 5) is 24.5. The summed E-state index contributed by atoms with van der Waals surface area (Å²) in [6, 6.07) is 2.06. The van der Waals surface area contributed by atoms with Crippen LogP contribution in [0, 0.1) is 0 Å². The Labute approximate surface area is 359 Å². The lowest BCUT2D eigenvalue weighted by atomic mass is 10.2. The molecular weight excluding hydrogens is 807 g/mol. The fraction of sp³-hybridized carbons (Fsp3) is 0.949. The molecule has 0 bridgehead atoms. The minimum atomic E-state index is -1.20. The Morgan fingerprint density at radius 1 is 0.632 bits per heavy atom. The van der Waals surface area contributed by atoms with Gasteiger partial charge in [-0.2, -0.15) is 0 Å². The van der Waals surface area contributed by atoms with E-state index in [0.29, 0.717) is 82.2 Å². The van der Waals surface area contributed by atoms with Crippen molar-refractivity contribution in [2.24, 2.45) is 5.73 Å². The number of ether oxygens (including phenoxy) is 4. The summed E-state index contributed by atoms with van der Waals surface area (Å²) in [5.74, 6) is 0.758. The van der Waals surface area contributed by atoms with Gasteiger partial charge in [0, 0.05) is 93.2 Å². The van der Waals surface area contributed by atoms with Crippen molar-refractivity contribution in [3.8, 4) is 0 Å². The third kappa shape index (κ3) is 24.0. The van der Waals surface area contributed by atoms with Crippen LogP contribution < -0.4 is 11.1 Å². The molecule has 0 rings (SSSR count). The zero-order valence-corrected chi connectivity index (χ0v) is 41.9. The minimum Gasteiger partial charge on any atom is -0.351 e. The molecule has 57 heavy (non-hydrogen) atoms. The first kappa shape index (κ1) is 57.4. The average Bonchev–Trinajstić information content (AvgIpc) is 3.09. The standard InChI is InChI=1S/C39H84N6O8P2S2/c1-17-50-39(25-52-54(42(29(2)3)30(4)5)43(31(6)7)32(8)9)51-22-23-56-38(47)19-21-41-24-36(16)45(35(14)15)55(44(33(10)11)34(12)13)53-27-48-26-49-28-57-37(46)18-20-40/h29-36,39,41H,17-28,40H2,1-16H3. The molecular formula is C39H84N6O8P2S2. The highest BCUT2D eigenvalue weighted by Gasteiger charge is 2.37. The molecule has 0 heterocycles. The quantitative estimate of drug-likeness (QED) is 0.0360. The third-order valence-corrected chi connectivity index (χ3v) is 15.9. The smallest absolute Gasteiger partial charge is 0.192 e. The predicted octanol–water partition coefficient (Wildman–Crippen LogP) is 8.06. The maximum absolute atomic E-state index is 12.9. The number of hydrogen-bond donors (Lipinski definition) is 2. The summed E-state index contributed by atoms with van der Waals surface area (Å²) in [6.07, 6.45) is 0.234. The molecule has 0 aromatic carbocycles. The molecule has 340 valence electrons. The minimum absolute atomic E-state index is 0.00295. The molecule has 0 aliphatic heterocycles. The Bertz CT molecular complexity index is 997. The fourth-order valence-electron chi connectivity index (χ4n) is 6.32. The van der Waals surface area contributed by atoms with Gasteiger partial charge in [-0.15, -0.1) is 0 Å². The molecule has 3 N–H and O–H groups in total. The molecule has 0 aliphatic rings. The van der Waals surface area contributed by atoms with Crippen LogP contribution in [-0.4, -0.2) is 148 Å². The zero-order chi connectivity index (χ0) is 43.7. The van der Waals surface area contributed by atoms with E-state index in [-0.39, 0.29) is 53.9 Å². The van der Waals surface area contributed by atoms with E-state index in [1.165, 1.54) is 11.8 Å². The molecule has 0 fully saturated rings. The number of carbonyl (C=O) groups is 2. The summed E-state index contributed by atoms with van der Waals surface area (Å²) in [6.45, 7) is 37.9. The second-order valence-corrected chi connectivity index (χ2v) is 21.2. The largest absolute Gasteiger partial charge is 0.351 e. The van der Waals surface area contributed by atoms with Crippen LogP contribution in [0.15, 0.2) is 0 Å². The SMILES string of the molecule is CCOC(COP(N(C(C)C)C(C)C)N(C(C)C)C(C)C)OCCSC(=O)CCNCC(C)N(C(C)C)P(OCOCOCSC(=O)CCN)N(C(C)C)C(C)C. The average molecular weight is 891 g/mol. The molecule has 0 aromatic rings. The van der Waals surface area contributed by atoms with Gasteiger partial charge in [-0.1, -0.05) is 23.5 Å².